The molecule has 25 heavy (non-hydrogen) atoms. The molecule has 0 spiro atoms. The van der Waals surface area contributed by atoms with Crippen molar-refractivity contribution in [3.05, 3.63) is 59.1 Å². The van der Waals surface area contributed by atoms with Gasteiger partial charge in [0.15, 0.2) is 0 Å². The Morgan fingerprint density at radius 2 is 1.96 bits per heavy atom. The molecule has 0 aliphatic heterocycles. The normalized spacial score (nSPS) is 11.4. The third-order valence-electron chi connectivity index (χ3n) is 3.85. The van der Waals surface area contributed by atoms with Gasteiger partial charge in [-0.1, -0.05) is 44.0 Å². The highest BCUT2D eigenvalue weighted by Crippen LogP contribution is 2.28. The second-order valence-corrected chi connectivity index (χ2v) is 6.81. The van der Waals surface area contributed by atoms with E-state index in [1.807, 2.05) is 54.6 Å². The van der Waals surface area contributed by atoms with E-state index in [2.05, 4.69) is 18.0 Å². The third-order valence-corrected chi connectivity index (χ3v) is 4.92. The number of nitriles is 1. The van der Waals surface area contributed by atoms with Gasteiger partial charge in [-0.2, -0.15) is 5.26 Å². The number of ether oxygens (including phenoxy) is 1. The van der Waals surface area contributed by atoms with E-state index in [0.717, 1.165) is 39.6 Å². The molecule has 0 fully saturated rings. The zero-order valence-electron chi connectivity index (χ0n) is 14.2. The molecule has 0 N–H and O–H groups in total. The minimum absolute atomic E-state index is 0.581. The van der Waals surface area contributed by atoms with Gasteiger partial charge in [0.25, 0.3) is 0 Å². The van der Waals surface area contributed by atoms with Crippen LogP contribution in [-0.4, -0.2) is 11.6 Å². The lowest BCUT2D eigenvalue weighted by Gasteiger charge is -2.05. The first-order valence-electron chi connectivity index (χ1n) is 8.51. The highest BCUT2D eigenvalue weighted by Gasteiger charge is 2.08. The molecule has 3 nitrogen and oxygen atoms in total. The molecule has 0 aliphatic rings. The van der Waals surface area contributed by atoms with E-state index in [9.17, 15) is 5.26 Å². The van der Waals surface area contributed by atoms with Gasteiger partial charge >= 0.3 is 0 Å². The summed E-state index contributed by atoms with van der Waals surface area (Å²) in [5.41, 5.74) is 2.48. The average Bonchev–Trinajstić information content (AvgIpc) is 3.08. The van der Waals surface area contributed by atoms with E-state index in [4.69, 9.17) is 4.74 Å². The SMILES string of the molecule is CCCCCOc1ccc(C=C(C#N)c2nc3ccccc3s2)cc1. The molecule has 126 valence electrons. The van der Waals surface area contributed by atoms with Crippen molar-refractivity contribution in [3.63, 3.8) is 0 Å². The fraction of sp³-hybridized carbons (Fsp3) is 0.238. The first-order chi connectivity index (χ1) is 12.3. The summed E-state index contributed by atoms with van der Waals surface area (Å²) in [6.07, 6.45) is 5.33. The third kappa shape index (κ3) is 4.46. The lowest BCUT2D eigenvalue weighted by molar-refractivity contribution is 0.306. The Kier molecular flexibility index (Phi) is 5.81. The smallest absolute Gasteiger partial charge is 0.135 e. The number of unbranched alkanes of at least 4 members (excludes halogenated alkanes) is 2. The van der Waals surface area contributed by atoms with Crippen LogP contribution in [0.15, 0.2) is 48.5 Å². The molecule has 4 heteroatoms. The molecule has 0 unspecified atom stereocenters. The van der Waals surface area contributed by atoms with Crippen LogP contribution in [0.3, 0.4) is 0 Å². The molecular formula is C21H20N2OS. The van der Waals surface area contributed by atoms with Crippen LogP contribution < -0.4 is 4.74 Å². The number of thiazole rings is 1. The van der Waals surface area contributed by atoms with E-state index < -0.39 is 0 Å². The van der Waals surface area contributed by atoms with Gasteiger partial charge in [0, 0.05) is 0 Å². The summed E-state index contributed by atoms with van der Waals surface area (Å²) in [7, 11) is 0. The number of rotatable bonds is 7. The second kappa shape index (κ2) is 8.46. The van der Waals surface area contributed by atoms with Crippen LogP contribution in [0, 0.1) is 11.3 Å². The maximum atomic E-state index is 9.51. The highest BCUT2D eigenvalue weighted by molar-refractivity contribution is 7.19. The maximum absolute atomic E-state index is 9.51. The first-order valence-corrected chi connectivity index (χ1v) is 9.32. The number of hydrogen-bond donors (Lipinski definition) is 0. The molecule has 0 radical (unpaired) electrons. The number of benzene rings is 2. The van der Waals surface area contributed by atoms with Crippen molar-refractivity contribution in [1.29, 1.82) is 5.26 Å². The molecule has 2 aromatic carbocycles. The Hall–Kier alpha value is -2.64. The summed E-state index contributed by atoms with van der Waals surface area (Å²) in [5.74, 6) is 0.867. The van der Waals surface area contributed by atoms with Crippen molar-refractivity contribution in [2.75, 3.05) is 6.61 Å². The van der Waals surface area contributed by atoms with E-state index in [0.29, 0.717) is 5.57 Å². The van der Waals surface area contributed by atoms with Crippen molar-refractivity contribution >= 4 is 33.2 Å². The monoisotopic (exact) mass is 348 g/mol. The van der Waals surface area contributed by atoms with Gasteiger partial charge < -0.3 is 4.74 Å². The predicted molar refractivity (Wildman–Crippen MR) is 105 cm³/mol. The molecule has 3 aromatic rings. The number of fused-ring (bicyclic) bond motifs is 1. The van der Waals surface area contributed by atoms with Gasteiger partial charge in [-0.05, 0) is 42.3 Å². The zero-order valence-corrected chi connectivity index (χ0v) is 15.1. The van der Waals surface area contributed by atoms with Crippen molar-refractivity contribution in [2.24, 2.45) is 0 Å². The molecule has 0 saturated heterocycles. The summed E-state index contributed by atoms with van der Waals surface area (Å²) < 4.78 is 6.82. The zero-order chi connectivity index (χ0) is 17.5. The minimum Gasteiger partial charge on any atom is -0.494 e. The number of nitrogens with zero attached hydrogens (tertiary/aromatic N) is 2. The van der Waals surface area contributed by atoms with Crippen LogP contribution in [0.25, 0.3) is 21.9 Å². The number of allylic oxidation sites excluding steroid dienone is 1. The van der Waals surface area contributed by atoms with Crippen molar-refractivity contribution < 1.29 is 4.74 Å². The van der Waals surface area contributed by atoms with Crippen LogP contribution in [0.2, 0.25) is 0 Å². The van der Waals surface area contributed by atoms with E-state index in [1.54, 1.807) is 11.3 Å². The van der Waals surface area contributed by atoms with Crippen molar-refractivity contribution in [3.8, 4) is 11.8 Å². The summed E-state index contributed by atoms with van der Waals surface area (Å²) in [5, 5.41) is 10.3. The molecule has 1 aromatic heterocycles. The van der Waals surface area contributed by atoms with Crippen LogP contribution in [0.4, 0.5) is 0 Å². The fourth-order valence-electron chi connectivity index (χ4n) is 2.50. The Balaban J connectivity index is 1.74. The van der Waals surface area contributed by atoms with Gasteiger partial charge in [-0.15, -0.1) is 11.3 Å². The standard InChI is InChI=1S/C21H20N2OS/c1-2-3-6-13-24-18-11-9-16(10-12-18)14-17(15-22)21-23-19-7-4-5-8-20(19)25-21/h4-5,7-12,14H,2-3,6,13H2,1H3. The topological polar surface area (TPSA) is 45.9 Å². The largest absolute Gasteiger partial charge is 0.494 e. The molecule has 0 atom stereocenters. The lowest BCUT2D eigenvalue weighted by atomic mass is 10.1. The molecule has 0 bridgehead atoms. The van der Waals surface area contributed by atoms with E-state index >= 15 is 0 Å². The molecule has 3 rings (SSSR count). The van der Waals surface area contributed by atoms with Gasteiger partial charge in [0.2, 0.25) is 0 Å². The summed E-state index contributed by atoms with van der Waals surface area (Å²) >= 11 is 1.54. The van der Waals surface area contributed by atoms with Crippen LogP contribution >= 0.6 is 11.3 Å². The predicted octanol–water partition coefficient (Wildman–Crippen LogP) is 5.93. The van der Waals surface area contributed by atoms with Crippen LogP contribution in [0.5, 0.6) is 5.75 Å². The number of para-hydroxylation sites is 1. The Bertz CT molecular complexity index is 871. The van der Waals surface area contributed by atoms with Gasteiger partial charge in [-0.3, -0.25) is 0 Å². The first kappa shape index (κ1) is 17.2. The summed E-state index contributed by atoms with van der Waals surface area (Å²) in [4.78, 5) is 4.56. The highest BCUT2D eigenvalue weighted by atomic mass is 32.1. The molecule has 0 saturated carbocycles. The van der Waals surface area contributed by atoms with E-state index in [-0.39, 0.29) is 0 Å². The summed E-state index contributed by atoms with van der Waals surface area (Å²) in [6, 6.07) is 18.0. The molecule has 0 amide bonds. The second-order valence-electron chi connectivity index (χ2n) is 5.78. The van der Waals surface area contributed by atoms with Gasteiger partial charge in [0.05, 0.1) is 22.4 Å². The lowest BCUT2D eigenvalue weighted by Crippen LogP contribution is -1.96. The van der Waals surface area contributed by atoms with Crippen molar-refractivity contribution in [1.82, 2.24) is 4.98 Å². The maximum Gasteiger partial charge on any atom is 0.135 e. The van der Waals surface area contributed by atoms with Crippen LogP contribution in [0.1, 0.15) is 36.8 Å². The molecule has 1 heterocycles. The average molecular weight is 348 g/mol. The minimum atomic E-state index is 0.581. The Morgan fingerprint density at radius 3 is 2.68 bits per heavy atom. The Labute approximate surface area is 152 Å². The van der Waals surface area contributed by atoms with Gasteiger partial charge in [0.1, 0.15) is 16.8 Å². The molecule has 0 aliphatic carbocycles. The van der Waals surface area contributed by atoms with Crippen molar-refractivity contribution in [2.45, 2.75) is 26.2 Å². The molecular weight excluding hydrogens is 328 g/mol. The number of aromatic nitrogens is 1. The van der Waals surface area contributed by atoms with E-state index in [1.165, 1.54) is 12.8 Å². The van der Waals surface area contributed by atoms with Gasteiger partial charge in [-0.25, -0.2) is 4.98 Å². The fourth-order valence-corrected chi connectivity index (χ4v) is 3.43. The quantitative estimate of drug-likeness (QED) is 0.393. The summed E-state index contributed by atoms with van der Waals surface area (Å²) in [6.45, 7) is 2.93. The Morgan fingerprint density at radius 1 is 1.16 bits per heavy atom. The number of hydrogen-bond acceptors (Lipinski definition) is 4. The van der Waals surface area contributed by atoms with Crippen LogP contribution in [-0.2, 0) is 0 Å².